The molecule has 3 unspecified atom stereocenters. The van der Waals surface area contributed by atoms with Gasteiger partial charge < -0.3 is 12.0 Å². The van der Waals surface area contributed by atoms with Crippen molar-refractivity contribution in [2.75, 3.05) is 0 Å². The molecule has 2 rings (SSSR count). The summed E-state index contributed by atoms with van der Waals surface area (Å²) in [5, 5.41) is 10.4. The molecule has 0 aromatic heterocycles. The van der Waals surface area contributed by atoms with E-state index in [0.717, 1.165) is 49.7 Å². The Kier molecular flexibility index (Phi) is 13.0. The Balaban J connectivity index is 0.00000364. The number of benzene rings is 1. The van der Waals surface area contributed by atoms with Crippen molar-refractivity contribution in [1.29, 1.82) is 0 Å². The number of aliphatic hydroxyl groups is 1. The van der Waals surface area contributed by atoms with Gasteiger partial charge >= 0.3 is 0 Å². The summed E-state index contributed by atoms with van der Waals surface area (Å²) in [6.45, 7) is 6.11. The van der Waals surface area contributed by atoms with E-state index in [4.69, 9.17) is 0 Å². The van der Waals surface area contributed by atoms with Gasteiger partial charge in [0.05, 0.1) is 6.10 Å². The molecule has 0 saturated heterocycles. The summed E-state index contributed by atoms with van der Waals surface area (Å²) >= 11 is 0. The van der Waals surface area contributed by atoms with Gasteiger partial charge in [-0.1, -0.05) is 76.1 Å². The van der Waals surface area contributed by atoms with Gasteiger partial charge in [0.15, 0.2) is 0 Å². The van der Waals surface area contributed by atoms with Crippen LogP contribution in [0.5, 0.6) is 0 Å². The molecule has 1 saturated carbocycles. The zero-order valence-corrected chi connectivity index (χ0v) is 20.0. The van der Waals surface area contributed by atoms with Crippen LogP contribution in [0.1, 0.15) is 107 Å². The number of unbranched alkanes of at least 4 members (excludes halogenated alkanes) is 6. The molecule has 1 aromatic rings. The maximum atomic E-state index is 12.4. The normalized spacial score (nSPS) is 20.5. The minimum absolute atomic E-state index is 0. The summed E-state index contributed by atoms with van der Waals surface area (Å²) in [6.07, 6.45) is 12.7. The summed E-state index contributed by atoms with van der Waals surface area (Å²) in [6, 6.07) is 8.24. The first-order chi connectivity index (χ1) is 12.7. The molecule has 1 fully saturated rings. The van der Waals surface area contributed by atoms with Crippen molar-refractivity contribution >= 4 is 5.78 Å². The number of hydrogen-bond acceptors (Lipinski definition) is 2. The second-order valence-electron chi connectivity index (χ2n) is 7.98. The van der Waals surface area contributed by atoms with Gasteiger partial charge in [0, 0.05) is 45.0 Å². The second-order valence-corrected chi connectivity index (χ2v) is 7.98. The molecule has 149 valence electrons. The largest absolute Gasteiger partial charge is 0.388 e. The van der Waals surface area contributed by atoms with E-state index in [1.807, 2.05) is 12.1 Å². The van der Waals surface area contributed by atoms with Crippen molar-refractivity contribution in [1.82, 2.24) is 0 Å². The van der Waals surface area contributed by atoms with Gasteiger partial charge in [0.1, 0.15) is 5.78 Å². The van der Waals surface area contributed by atoms with Crippen molar-refractivity contribution in [3.8, 4) is 0 Å². The predicted octanol–water partition coefficient (Wildman–Crippen LogP) is 6.54. The molecule has 0 amide bonds. The van der Waals surface area contributed by atoms with Crippen LogP contribution in [-0.2, 0) is 37.5 Å². The van der Waals surface area contributed by atoms with Crippen LogP contribution in [0, 0.1) is 12.8 Å². The van der Waals surface area contributed by atoms with E-state index in [1.54, 1.807) is 0 Å². The quantitative estimate of drug-likeness (QED) is 0.293. The van der Waals surface area contributed by atoms with E-state index in [-0.39, 0.29) is 44.7 Å². The smallest absolute Gasteiger partial charge is 0.140 e. The van der Waals surface area contributed by atoms with E-state index in [0.29, 0.717) is 11.7 Å². The molecule has 0 heterocycles. The molecule has 2 nitrogen and oxygen atoms in total. The van der Waals surface area contributed by atoms with Crippen molar-refractivity contribution in [3.63, 3.8) is 0 Å². The van der Waals surface area contributed by atoms with Gasteiger partial charge in [-0.15, -0.1) is 0 Å². The maximum absolute atomic E-state index is 12.4. The number of Topliss-reactive ketones (excluding diaryl/α,β-unsaturated/α-hetero) is 1. The number of hydrogen-bond donors (Lipinski definition) is 1. The average Bonchev–Trinajstić information content (AvgIpc) is 3.03. The summed E-state index contributed by atoms with van der Waals surface area (Å²) in [5.41, 5.74) is 2.14. The maximum Gasteiger partial charge on any atom is 0.140 e. The molecule has 1 radical (unpaired) electrons. The van der Waals surface area contributed by atoms with Gasteiger partial charge in [0.25, 0.3) is 0 Å². The first-order valence-electron chi connectivity index (χ1n) is 10.8. The minimum atomic E-state index is -0.376. The van der Waals surface area contributed by atoms with Crippen molar-refractivity contribution in [2.24, 2.45) is 5.92 Å². The number of aliphatic hydroxyl groups excluding tert-OH is 1. The van der Waals surface area contributed by atoms with Crippen LogP contribution in [0.4, 0.5) is 0 Å². The van der Waals surface area contributed by atoms with Crippen LogP contribution in [0.25, 0.3) is 0 Å². The number of carbonyl (C=O) groups excluding carboxylic acids is 1. The third kappa shape index (κ3) is 8.07. The standard InChI is InChI=1S/C24H37O2.Y/c1-3-5-7-9-11-20-17-18-23(26)24(20)21-15-13-19(14-16-21)22(25)12-10-8-6-4-2;/h13-16,20,22,24-25H,1,3-12,17-18H2,2H3;/q-1;. The molecule has 1 aromatic carbocycles. The average molecular weight is 446 g/mol. The van der Waals surface area contributed by atoms with Gasteiger partial charge in [-0.2, -0.15) is 6.42 Å². The number of ketones is 1. The van der Waals surface area contributed by atoms with E-state index >= 15 is 0 Å². The van der Waals surface area contributed by atoms with E-state index < -0.39 is 0 Å². The van der Waals surface area contributed by atoms with E-state index in [9.17, 15) is 9.90 Å². The summed E-state index contributed by atoms with van der Waals surface area (Å²) in [5.74, 6) is 0.975. The molecule has 1 aliphatic carbocycles. The summed E-state index contributed by atoms with van der Waals surface area (Å²) in [7, 11) is 0. The fraction of sp³-hybridized carbons (Fsp3) is 0.667. The van der Waals surface area contributed by atoms with Gasteiger partial charge in [-0.3, -0.25) is 4.79 Å². The van der Waals surface area contributed by atoms with E-state index in [2.05, 4.69) is 26.0 Å². The van der Waals surface area contributed by atoms with Crippen molar-refractivity contribution < 1.29 is 42.6 Å². The Morgan fingerprint density at radius 1 is 1.07 bits per heavy atom. The van der Waals surface area contributed by atoms with Gasteiger partial charge in [0.2, 0.25) is 0 Å². The molecule has 0 bridgehead atoms. The Morgan fingerprint density at radius 2 is 1.78 bits per heavy atom. The molecular formula is C24H37O2Y-. The van der Waals surface area contributed by atoms with Crippen LogP contribution in [0.2, 0.25) is 0 Å². The Morgan fingerprint density at radius 3 is 2.44 bits per heavy atom. The zero-order valence-electron chi connectivity index (χ0n) is 17.2. The topological polar surface area (TPSA) is 37.3 Å². The van der Waals surface area contributed by atoms with Gasteiger partial charge in [-0.25, -0.2) is 0 Å². The minimum Gasteiger partial charge on any atom is -0.388 e. The summed E-state index contributed by atoms with van der Waals surface area (Å²) < 4.78 is 0. The molecule has 3 heteroatoms. The molecule has 1 aliphatic rings. The Hall–Kier alpha value is -0.0461. The monoisotopic (exact) mass is 446 g/mol. The fourth-order valence-corrected chi connectivity index (χ4v) is 4.30. The van der Waals surface area contributed by atoms with Crippen LogP contribution in [0.15, 0.2) is 24.3 Å². The first kappa shape index (κ1) is 25.0. The van der Waals surface area contributed by atoms with Crippen molar-refractivity contribution in [3.05, 3.63) is 42.3 Å². The molecule has 0 aliphatic heterocycles. The third-order valence-corrected chi connectivity index (χ3v) is 5.92. The van der Waals surface area contributed by atoms with Crippen LogP contribution in [0.3, 0.4) is 0 Å². The SMILES string of the molecule is [CH2-]CCCCCC1CCC(=O)C1c1ccc(C(O)CCCCCC)cc1.[Y]. The van der Waals surface area contributed by atoms with Crippen molar-refractivity contribution in [2.45, 2.75) is 96.0 Å². The number of carbonyl (C=O) groups is 1. The molecule has 3 atom stereocenters. The van der Waals surface area contributed by atoms with Crippen LogP contribution >= 0.6 is 0 Å². The Bertz CT molecular complexity index is 526. The van der Waals surface area contributed by atoms with Crippen LogP contribution in [-0.4, -0.2) is 10.9 Å². The fourth-order valence-electron chi connectivity index (χ4n) is 4.30. The second kappa shape index (κ2) is 14.0. The molecule has 0 spiro atoms. The van der Waals surface area contributed by atoms with Crippen LogP contribution < -0.4 is 0 Å². The zero-order chi connectivity index (χ0) is 18.8. The molecular weight excluding hydrogens is 409 g/mol. The number of rotatable bonds is 12. The summed E-state index contributed by atoms with van der Waals surface area (Å²) in [4.78, 5) is 12.4. The Labute approximate surface area is 191 Å². The third-order valence-electron chi connectivity index (χ3n) is 5.92. The predicted molar refractivity (Wildman–Crippen MR) is 109 cm³/mol. The molecule has 1 N–H and O–H groups in total. The van der Waals surface area contributed by atoms with Gasteiger partial charge in [-0.05, 0) is 36.3 Å². The first-order valence-corrected chi connectivity index (χ1v) is 10.8. The molecule has 27 heavy (non-hydrogen) atoms. The van der Waals surface area contributed by atoms with E-state index in [1.165, 1.54) is 38.5 Å².